The maximum Gasteiger partial charge on any atom is 0.126 e. The fourth-order valence-corrected chi connectivity index (χ4v) is 1.60. The molecule has 1 rings (SSSR count). The molecule has 15 heavy (non-hydrogen) atoms. The van der Waals surface area contributed by atoms with Crippen LogP contribution in [0.2, 0.25) is 0 Å². The topological polar surface area (TPSA) is 9.23 Å². The molecular formula is C12H17FOS. The van der Waals surface area contributed by atoms with Gasteiger partial charge in [-0.2, -0.15) is 12.6 Å². The van der Waals surface area contributed by atoms with E-state index in [1.807, 2.05) is 6.92 Å². The van der Waals surface area contributed by atoms with Crippen molar-refractivity contribution in [3.05, 3.63) is 29.6 Å². The van der Waals surface area contributed by atoms with Gasteiger partial charge in [0.05, 0.1) is 6.61 Å². The highest BCUT2D eigenvalue weighted by atomic mass is 32.1. The number of halogens is 1. The SMILES string of the molecule is CCC(CS)COc1cc(F)ccc1C. The highest BCUT2D eigenvalue weighted by Crippen LogP contribution is 2.20. The normalized spacial score (nSPS) is 12.5. The fraction of sp³-hybridized carbons (Fsp3) is 0.500. The lowest BCUT2D eigenvalue weighted by Gasteiger charge is -2.14. The summed E-state index contributed by atoms with van der Waals surface area (Å²) in [5.74, 6) is 1.60. The van der Waals surface area contributed by atoms with Crippen LogP contribution in [0.3, 0.4) is 0 Å². The van der Waals surface area contributed by atoms with Crippen molar-refractivity contribution in [3.8, 4) is 5.75 Å². The average molecular weight is 228 g/mol. The zero-order valence-corrected chi connectivity index (χ0v) is 10.1. The van der Waals surface area contributed by atoms with E-state index >= 15 is 0 Å². The van der Waals surface area contributed by atoms with E-state index in [4.69, 9.17) is 4.74 Å². The van der Waals surface area contributed by atoms with Gasteiger partial charge in [0.2, 0.25) is 0 Å². The van der Waals surface area contributed by atoms with Crippen LogP contribution < -0.4 is 4.74 Å². The second-order valence-corrected chi connectivity index (χ2v) is 4.04. The molecule has 0 saturated heterocycles. The Morgan fingerprint density at radius 3 is 2.80 bits per heavy atom. The van der Waals surface area contributed by atoms with Crippen molar-refractivity contribution in [1.82, 2.24) is 0 Å². The number of benzene rings is 1. The molecule has 1 nitrogen and oxygen atoms in total. The zero-order chi connectivity index (χ0) is 11.3. The fourth-order valence-electron chi connectivity index (χ4n) is 1.24. The first-order valence-electron chi connectivity index (χ1n) is 5.17. The van der Waals surface area contributed by atoms with Crippen LogP contribution in [-0.2, 0) is 0 Å². The van der Waals surface area contributed by atoms with E-state index in [9.17, 15) is 4.39 Å². The smallest absolute Gasteiger partial charge is 0.126 e. The van der Waals surface area contributed by atoms with Crippen LogP contribution in [0, 0.1) is 18.7 Å². The Bertz CT molecular complexity index is 310. The maximum atomic E-state index is 12.9. The first-order chi connectivity index (χ1) is 7.17. The predicted octanol–water partition coefficient (Wildman–Crippen LogP) is 3.47. The summed E-state index contributed by atoms with van der Waals surface area (Å²) in [6, 6.07) is 4.60. The van der Waals surface area contributed by atoms with Gasteiger partial charge in [0, 0.05) is 12.0 Å². The largest absolute Gasteiger partial charge is 0.493 e. The van der Waals surface area contributed by atoms with Gasteiger partial charge in [-0.3, -0.25) is 0 Å². The molecule has 1 unspecified atom stereocenters. The number of aryl methyl sites for hydroxylation is 1. The number of ether oxygens (including phenoxy) is 1. The molecule has 0 aliphatic rings. The van der Waals surface area contributed by atoms with Crippen LogP contribution in [0.5, 0.6) is 5.75 Å². The molecule has 0 bridgehead atoms. The van der Waals surface area contributed by atoms with Crippen molar-refractivity contribution in [3.63, 3.8) is 0 Å². The highest BCUT2D eigenvalue weighted by molar-refractivity contribution is 7.80. The van der Waals surface area contributed by atoms with Gasteiger partial charge in [-0.25, -0.2) is 4.39 Å². The number of hydrogen-bond donors (Lipinski definition) is 1. The minimum absolute atomic E-state index is 0.255. The van der Waals surface area contributed by atoms with Crippen LogP contribution in [0.1, 0.15) is 18.9 Å². The Morgan fingerprint density at radius 2 is 2.20 bits per heavy atom. The molecule has 0 fully saturated rings. The minimum atomic E-state index is -0.255. The predicted molar refractivity (Wildman–Crippen MR) is 64.3 cm³/mol. The second kappa shape index (κ2) is 6.01. The van der Waals surface area contributed by atoms with E-state index in [1.54, 1.807) is 6.07 Å². The third kappa shape index (κ3) is 3.74. The molecule has 0 spiro atoms. The van der Waals surface area contributed by atoms with E-state index in [-0.39, 0.29) is 5.82 Å². The summed E-state index contributed by atoms with van der Waals surface area (Å²) in [6.07, 6.45) is 1.03. The Hall–Kier alpha value is -0.700. The summed E-state index contributed by atoms with van der Waals surface area (Å²) in [5, 5.41) is 0. The average Bonchev–Trinajstić information content (AvgIpc) is 2.24. The molecule has 1 atom stereocenters. The highest BCUT2D eigenvalue weighted by Gasteiger charge is 2.07. The van der Waals surface area contributed by atoms with Gasteiger partial charge >= 0.3 is 0 Å². The zero-order valence-electron chi connectivity index (χ0n) is 9.16. The number of hydrogen-bond acceptors (Lipinski definition) is 2. The van der Waals surface area contributed by atoms with Crippen molar-refractivity contribution in [2.45, 2.75) is 20.3 Å². The molecular weight excluding hydrogens is 211 g/mol. The van der Waals surface area contributed by atoms with Crippen molar-refractivity contribution in [1.29, 1.82) is 0 Å². The number of rotatable bonds is 5. The summed E-state index contributed by atoms with van der Waals surface area (Å²) in [5.41, 5.74) is 0.963. The molecule has 0 saturated carbocycles. The Morgan fingerprint density at radius 1 is 1.47 bits per heavy atom. The van der Waals surface area contributed by atoms with Crippen LogP contribution in [0.4, 0.5) is 4.39 Å². The third-order valence-electron chi connectivity index (χ3n) is 2.46. The molecule has 0 aliphatic carbocycles. The van der Waals surface area contributed by atoms with E-state index in [1.165, 1.54) is 12.1 Å². The van der Waals surface area contributed by atoms with Gasteiger partial charge in [-0.15, -0.1) is 0 Å². The summed E-state index contributed by atoms with van der Waals surface area (Å²) in [6.45, 7) is 4.61. The maximum absolute atomic E-state index is 12.9. The van der Waals surface area contributed by atoms with Crippen LogP contribution in [0.25, 0.3) is 0 Å². The first kappa shape index (κ1) is 12.4. The summed E-state index contributed by atoms with van der Waals surface area (Å²) in [7, 11) is 0. The van der Waals surface area contributed by atoms with Gasteiger partial charge in [0.25, 0.3) is 0 Å². The van der Waals surface area contributed by atoms with Crippen LogP contribution in [-0.4, -0.2) is 12.4 Å². The lowest BCUT2D eigenvalue weighted by atomic mass is 10.1. The van der Waals surface area contributed by atoms with Crippen molar-refractivity contribution in [2.75, 3.05) is 12.4 Å². The molecule has 0 aromatic heterocycles. The van der Waals surface area contributed by atoms with Gasteiger partial charge in [0.1, 0.15) is 11.6 Å². The summed E-state index contributed by atoms with van der Waals surface area (Å²) in [4.78, 5) is 0. The third-order valence-corrected chi connectivity index (χ3v) is 2.98. The molecule has 0 heterocycles. The molecule has 0 aliphatic heterocycles. The van der Waals surface area contributed by atoms with Crippen molar-refractivity contribution >= 4 is 12.6 Å². The standard InChI is InChI=1S/C12H17FOS/c1-3-10(8-15)7-14-12-6-11(13)5-4-9(12)2/h4-6,10,15H,3,7-8H2,1-2H3. The van der Waals surface area contributed by atoms with Crippen molar-refractivity contribution < 1.29 is 9.13 Å². The lowest BCUT2D eigenvalue weighted by Crippen LogP contribution is -2.13. The Kier molecular flexibility index (Phi) is 4.95. The van der Waals surface area contributed by atoms with Crippen molar-refractivity contribution in [2.24, 2.45) is 5.92 Å². The minimum Gasteiger partial charge on any atom is -0.493 e. The van der Waals surface area contributed by atoms with Gasteiger partial charge < -0.3 is 4.74 Å². The molecule has 0 amide bonds. The summed E-state index contributed by atoms with van der Waals surface area (Å²) >= 11 is 4.23. The molecule has 84 valence electrons. The van der Waals surface area contributed by atoms with Crippen LogP contribution >= 0.6 is 12.6 Å². The monoisotopic (exact) mass is 228 g/mol. The van der Waals surface area contributed by atoms with E-state index in [0.717, 1.165) is 17.7 Å². The van der Waals surface area contributed by atoms with Gasteiger partial charge in [-0.1, -0.05) is 13.0 Å². The molecule has 1 aromatic rings. The Balaban J connectivity index is 2.60. The van der Waals surface area contributed by atoms with E-state index in [0.29, 0.717) is 18.3 Å². The van der Waals surface area contributed by atoms with Gasteiger partial charge in [0.15, 0.2) is 0 Å². The molecule has 3 heteroatoms. The molecule has 0 radical (unpaired) electrons. The molecule has 0 N–H and O–H groups in total. The van der Waals surface area contributed by atoms with Gasteiger partial charge in [-0.05, 0) is 30.7 Å². The van der Waals surface area contributed by atoms with E-state index in [2.05, 4.69) is 19.6 Å². The lowest BCUT2D eigenvalue weighted by molar-refractivity contribution is 0.257. The van der Waals surface area contributed by atoms with E-state index < -0.39 is 0 Å². The second-order valence-electron chi connectivity index (χ2n) is 3.68. The quantitative estimate of drug-likeness (QED) is 0.759. The molecule has 1 aromatic carbocycles. The first-order valence-corrected chi connectivity index (χ1v) is 5.80. The summed E-state index contributed by atoms with van der Waals surface area (Å²) < 4.78 is 18.5. The Labute approximate surface area is 96.1 Å². The number of thiol groups is 1. The van der Waals surface area contributed by atoms with Crippen LogP contribution in [0.15, 0.2) is 18.2 Å².